The number of fused-ring (bicyclic) bond motifs is 3. The van der Waals surface area contributed by atoms with Crippen molar-refractivity contribution in [3.05, 3.63) is 203 Å². The third-order valence-electron chi connectivity index (χ3n) is 9.71. The largest absolute Gasteiger partial charge is 0.117 e. The Labute approximate surface area is 271 Å². The Hall–Kier alpha value is -4.59. The lowest BCUT2D eigenvalue weighted by Gasteiger charge is -2.24. The van der Waals surface area contributed by atoms with Gasteiger partial charge in [0.2, 0.25) is 0 Å². The Bertz CT molecular complexity index is 1920. The summed E-state index contributed by atoms with van der Waals surface area (Å²) in [7, 11) is 0. The lowest BCUT2D eigenvalue weighted by atomic mass is 9.81. The van der Waals surface area contributed by atoms with Crippen LogP contribution >= 0.6 is 11.8 Å². The normalized spacial score (nSPS) is 22.0. The maximum absolute atomic E-state index is 2.48. The maximum Gasteiger partial charge on any atom is 0.0381 e. The van der Waals surface area contributed by atoms with Crippen LogP contribution in [0.3, 0.4) is 0 Å². The highest BCUT2D eigenvalue weighted by molar-refractivity contribution is 8.00. The van der Waals surface area contributed by atoms with E-state index in [0.717, 1.165) is 0 Å². The van der Waals surface area contributed by atoms with Crippen LogP contribution in [0.5, 0.6) is 0 Å². The van der Waals surface area contributed by atoms with E-state index in [9.17, 15) is 0 Å². The maximum atomic E-state index is 2.48. The average molecular weight is 597 g/mol. The molecular weight excluding hydrogens is 561 g/mol. The van der Waals surface area contributed by atoms with E-state index in [-0.39, 0.29) is 5.92 Å². The van der Waals surface area contributed by atoms with Gasteiger partial charge in [0.1, 0.15) is 0 Å². The van der Waals surface area contributed by atoms with Crippen LogP contribution in [-0.2, 0) is 0 Å². The Balaban J connectivity index is 1.13. The minimum atomic E-state index is 0.149. The number of hydrogen-bond donors (Lipinski definition) is 0. The van der Waals surface area contributed by atoms with Crippen molar-refractivity contribution >= 4 is 17.3 Å². The van der Waals surface area contributed by atoms with E-state index >= 15 is 0 Å². The molecule has 218 valence electrons. The monoisotopic (exact) mass is 596 g/mol. The fourth-order valence-corrected chi connectivity index (χ4v) is 8.55. The van der Waals surface area contributed by atoms with Crippen LogP contribution in [0.25, 0.3) is 16.7 Å². The first-order valence-corrected chi connectivity index (χ1v) is 17.0. The average Bonchev–Trinajstić information content (AvgIpc) is 3.48. The van der Waals surface area contributed by atoms with E-state index < -0.39 is 0 Å². The van der Waals surface area contributed by atoms with Crippen LogP contribution < -0.4 is 0 Å². The van der Waals surface area contributed by atoms with Crippen LogP contribution in [0, 0.1) is 5.92 Å². The van der Waals surface area contributed by atoms with Crippen LogP contribution in [0.2, 0.25) is 0 Å². The summed E-state index contributed by atoms with van der Waals surface area (Å²) in [5.41, 5.74) is 11.9. The van der Waals surface area contributed by atoms with Crippen molar-refractivity contribution in [3.8, 4) is 11.1 Å². The predicted molar refractivity (Wildman–Crippen MR) is 192 cm³/mol. The molecule has 0 saturated heterocycles. The van der Waals surface area contributed by atoms with Gasteiger partial charge in [0.25, 0.3) is 0 Å². The fraction of sp³-hybridized carbons (Fsp3) is 0.136. The topological polar surface area (TPSA) is 0 Å². The standard InChI is InChI=1S/C44H36S/c1-30-9-5-6-12-39(30)34-19-25-37(26-20-34)44(35-21-15-32(16-22-35)31-10-3-2-4-11-31)36-23-17-33(18-24-36)38-27-28-43-41(29-38)40-13-7-8-14-42(40)45-43/h2-30,39,41,43-44H,1H3. The molecule has 5 unspecified atom stereocenters. The summed E-state index contributed by atoms with van der Waals surface area (Å²) in [5, 5.41) is 0.500. The molecule has 0 fully saturated rings. The van der Waals surface area contributed by atoms with Crippen molar-refractivity contribution in [2.45, 2.75) is 34.8 Å². The van der Waals surface area contributed by atoms with Crippen LogP contribution in [0.4, 0.5) is 0 Å². The van der Waals surface area contributed by atoms with Gasteiger partial charge in [-0.2, -0.15) is 0 Å². The zero-order chi connectivity index (χ0) is 30.2. The van der Waals surface area contributed by atoms with Crippen molar-refractivity contribution in [2.75, 3.05) is 0 Å². The van der Waals surface area contributed by atoms with Gasteiger partial charge >= 0.3 is 0 Å². The molecule has 0 saturated carbocycles. The second kappa shape index (κ2) is 12.1. The number of hydrogen-bond acceptors (Lipinski definition) is 1. The van der Waals surface area contributed by atoms with Crippen molar-refractivity contribution in [2.24, 2.45) is 5.92 Å². The summed E-state index contributed by atoms with van der Waals surface area (Å²) >= 11 is 1.99. The number of allylic oxidation sites excluding steroid dienone is 7. The van der Waals surface area contributed by atoms with Crippen molar-refractivity contribution in [3.63, 3.8) is 0 Å². The summed E-state index contributed by atoms with van der Waals surface area (Å²) < 4.78 is 0. The van der Waals surface area contributed by atoms with E-state index in [2.05, 4.69) is 177 Å². The molecule has 0 nitrogen and oxygen atoms in total. The first-order valence-electron chi connectivity index (χ1n) is 16.1. The minimum absolute atomic E-state index is 0.149. The molecule has 0 bridgehead atoms. The second-order valence-corrected chi connectivity index (χ2v) is 13.7. The van der Waals surface area contributed by atoms with Gasteiger partial charge in [-0.15, -0.1) is 11.8 Å². The fourth-order valence-electron chi connectivity index (χ4n) is 7.23. The highest BCUT2D eigenvalue weighted by Crippen LogP contribution is 2.49. The summed E-state index contributed by atoms with van der Waals surface area (Å²) in [6, 6.07) is 47.4. The molecular formula is C44H36S. The third-order valence-corrected chi connectivity index (χ3v) is 11.1. The van der Waals surface area contributed by atoms with Crippen LogP contribution in [0.15, 0.2) is 175 Å². The van der Waals surface area contributed by atoms with Gasteiger partial charge in [0, 0.05) is 27.9 Å². The van der Waals surface area contributed by atoms with Gasteiger partial charge in [0.05, 0.1) is 0 Å². The lowest BCUT2D eigenvalue weighted by molar-refractivity contribution is 0.635. The Morgan fingerprint density at radius 2 is 1.13 bits per heavy atom. The molecule has 3 aliphatic rings. The first-order chi connectivity index (χ1) is 22.2. The quantitative estimate of drug-likeness (QED) is 0.176. The molecule has 2 aliphatic carbocycles. The summed E-state index contributed by atoms with van der Waals surface area (Å²) in [6.07, 6.45) is 16.2. The lowest BCUT2D eigenvalue weighted by Crippen LogP contribution is -2.09. The SMILES string of the molecule is CC1C=CC=CC1c1ccc(C(c2ccc(C3=CC4c5ccccc5SC4C=C3)cc2)c2ccc(-c3ccccc3)cc2)cc1. The minimum Gasteiger partial charge on any atom is -0.117 e. The molecule has 1 heteroatoms. The van der Waals surface area contributed by atoms with Crippen molar-refractivity contribution in [1.82, 2.24) is 0 Å². The molecule has 1 heterocycles. The molecule has 0 amide bonds. The molecule has 45 heavy (non-hydrogen) atoms. The van der Waals surface area contributed by atoms with Crippen molar-refractivity contribution in [1.29, 1.82) is 0 Å². The number of benzene rings is 5. The van der Waals surface area contributed by atoms with Crippen LogP contribution in [-0.4, -0.2) is 5.25 Å². The second-order valence-electron chi connectivity index (χ2n) is 12.5. The molecule has 0 aromatic heterocycles. The zero-order valence-corrected chi connectivity index (χ0v) is 26.3. The van der Waals surface area contributed by atoms with Gasteiger partial charge in [-0.05, 0) is 62.1 Å². The number of rotatable bonds is 6. The smallest absolute Gasteiger partial charge is 0.0381 e. The Kier molecular flexibility index (Phi) is 7.49. The van der Waals surface area contributed by atoms with Gasteiger partial charge in [-0.3, -0.25) is 0 Å². The molecule has 0 N–H and O–H groups in total. The summed E-state index contributed by atoms with van der Waals surface area (Å²) in [6.45, 7) is 2.30. The van der Waals surface area contributed by atoms with Crippen molar-refractivity contribution < 1.29 is 0 Å². The van der Waals surface area contributed by atoms with E-state index in [1.165, 1.54) is 55.0 Å². The summed E-state index contributed by atoms with van der Waals surface area (Å²) in [5.74, 6) is 1.52. The van der Waals surface area contributed by atoms with Gasteiger partial charge in [0.15, 0.2) is 0 Å². The van der Waals surface area contributed by atoms with E-state index in [1.807, 2.05) is 11.8 Å². The first kappa shape index (κ1) is 27.9. The van der Waals surface area contributed by atoms with Gasteiger partial charge in [-0.25, -0.2) is 0 Å². The molecule has 8 rings (SSSR count). The van der Waals surface area contributed by atoms with Gasteiger partial charge in [-0.1, -0.05) is 171 Å². The molecule has 0 radical (unpaired) electrons. The Morgan fingerprint density at radius 1 is 0.533 bits per heavy atom. The third kappa shape index (κ3) is 5.47. The molecule has 5 aromatic rings. The van der Waals surface area contributed by atoms with Crippen LogP contribution in [0.1, 0.15) is 58.1 Å². The highest BCUT2D eigenvalue weighted by Gasteiger charge is 2.32. The van der Waals surface area contributed by atoms with Gasteiger partial charge < -0.3 is 0 Å². The predicted octanol–water partition coefficient (Wildman–Crippen LogP) is 11.6. The molecule has 5 aromatic carbocycles. The summed E-state index contributed by atoms with van der Waals surface area (Å²) in [4.78, 5) is 1.42. The van der Waals surface area contributed by atoms with E-state index in [1.54, 1.807) is 0 Å². The zero-order valence-electron chi connectivity index (χ0n) is 25.5. The van der Waals surface area contributed by atoms with E-state index in [4.69, 9.17) is 0 Å². The van der Waals surface area contributed by atoms with E-state index in [0.29, 0.717) is 23.0 Å². The highest BCUT2D eigenvalue weighted by atomic mass is 32.2. The molecule has 1 aliphatic heterocycles. The molecule has 0 spiro atoms. The molecule has 5 atom stereocenters. The Morgan fingerprint density at radius 3 is 1.84 bits per heavy atom. The number of thioether (sulfide) groups is 1.